The Kier molecular flexibility index (Phi) is 2.83. The standard InChI is InChI=1S/C11H8ClNO2/c12-7-11(14)15-10-6-5-8-3-1-2-4-9(8)13-10/h1-6H,7H2. The minimum Gasteiger partial charge on any atom is -0.407 e. The number of halogens is 1. The number of nitrogens with zero attached hydrogens (tertiary/aromatic N) is 1. The molecule has 0 bridgehead atoms. The molecule has 0 spiro atoms. The van der Waals surface area contributed by atoms with E-state index >= 15 is 0 Å². The Bertz CT molecular complexity index is 499. The highest BCUT2D eigenvalue weighted by Crippen LogP contribution is 2.16. The van der Waals surface area contributed by atoms with Gasteiger partial charge >= 0.3 is 5.97 Å². The first kappa shape index (κ1) is 9.93. The minimum absolute atomic E-state index is 0.172. The number of ether oxygens (including phenoxy) is 1. The average Bonchev–Trinajstić information content (AvgIpc) is 2.29. The van der Waals surface area contributed by atoms with Crippen molar-refractivity contribution in [3.05, 3.63) is 36.4 Å². The first-order chi connectivity index (χ1) is 7.29. The van der Waals surface area contributed by atoms with Gasteiger partial charge in [0.05, 0.1) is 5.52 Å². The van der Waals surface area contributed by atoms with Gasteiger partial charge in [0.2, 0.25) is 5.88 Å². The lowest BCUT2D eigenvalue weighted by Crippen LogP contribution is -2.09. The van der Waals surface area contributed by atoms with Crippen LogP contribution in [0.3, 0.4) is 0 Å². The maximum atomic E-state index is 10.9. The summed E-state index contributed by atoms with van der Waals surface area (Å²) in [6.45, 7) is 0. The predicted octanol–water partition coefficient (Wildman–Crippen LogP) is 2.38. The van der Waals surface area contributed by atoms with Crippen LogP contribution in [0.15, 0.2) is 36.4 Å². The molecular weight excluding hydrogens is 214 g/mol. The van der Waals surface area contributed by atoms with Crippen molar-refractivity contribution in [2.75, 3.05) is 5.88 Å². The number of benzene rings is 1. The lowest BCUT2D eigenvalue weighted by Gasteiger charge is -2.02. The molecule has 2 aromatic rings. The molecule has 3 nitrogen and oxygen atoms in total. The highest BCUT2D eigenvalue weighted by molar-refractivity contribution is 6.26. The summed E-state index contributed by atoms with van der Waals surface area (Å²) in [4.78, 5) is 15.1. The maximum Gasteiger partial charge on any atom is 0.327 e. The number of para-hydroxylation sites is 1. The van der Waals surface area contributed by atoms with E-state index in [1.54, 1.807) is 6.07 Å². The van der Waals surface area contributed by atoms with E-state index in [0.717, 1.165) is 10.9 Å². The quantitative estimate of drug-likeness (QED) is 0.577. The maximum absolute atomic E-state index is 10.9. The fourth-order valence-corrected chi connectivity index (χ4v) is 1.30. The normalized spacial score (nSPS) is 10.2. The van der Waals surface area contributed by atoms with Gasteiger partial charge in [0.25, 0.3) is 0 Å². The Hall–Kier alpha value is -1.61. The fourth-order valence-electron chi connectivity index (χ4n) is 1.25. The Labute approximate surface area is 91.6 Å². The van der Waals surface area contributed by atoms with Crippen molar-refractivity contribution in [2.45, 2.75) is 0 Å². The van der Waals surface area contributed by atoms with Crippen LogP contribution in [0, 0.1) is 0 Å². The van der Waals surface area contributed by atoms with Crippen LogP contribution in [-0.2, 0) is 4.79 Å². The van der Waals surface area contributed by atoms with Gasteiger partial charge in [-0.2, -0.15) is 0 Å². The number of carbonyl (C=O) groups excluding carboxylic acids is 1. The molecular formula is C11H8ClNO2. The summed E-state index contributed by atoms with van der Waals surface area (Å²) in [6.07, 6.45) is 0. The highest BCUT2D eigenvalue weighted by Gasteiger charge is 2.04. The molecule has 0 saturated heterocycles. The summed E-state index contributed by atoms with van der Waals surface area (Å²) in [5, 5.41) is 1.00. The number of hydrogen-bond acceptors (Lipinski definition) is 3. The SMILES string of the molecule is O=C(CCl)Oc1ccc2ccccc2n1. The first-order valence-electron chi connectivity index (χ1n) is 4.42. The number of esters is 1. The summed E-state index contributed by atoms with van der Waals surface area (Å²) in [5.74, 6) is -0.395. The summed E-state index contributed by atoms with van der Waals surface area (Å²) in [5.41, 5.74) is 0.789. The number of rotatable bonds is 2. The fraction of sp³-hybridized carbons (Fsp3) is 0.0909. The largest absolute Gasteiger partial charge is 0.407 e. The predicted molar refractivity (Wildman–Crippen MR) is 58.1 cm³/mol. The second-order valence-electron chi connectivity index (χ2n) is 2.95. The molecule has 0 amide bonds. The number of aromatic nitrogens is 1. The second kappa shape index (κ2) is 4.28. The van der Waals surface area contributed by atoms with Crippen LogP contribution in [-0.4, -0.2) is 16.8 Å². The van der Waals surface area contributed by atoms with Crippen LogP contribution < -0.4 is 4.74 Å². The molecule has 0 N–H and O–H groups in total. The Morgan fingerprint density at radius 1 is 1.27 bits per heavy atom. The van der Waals surface area contributed by atoms with E-state index in [1.807, 2.05) is 30.3 Å². The van der Waals surface area contributed by atoms with Gasteiger partial charge < -0.3 is 4.74 Å². The zero-order valence-electron chi connectivity index (χ0n) is 7.81. The molecule has 2 rings (SSSR count). The molecule has 0 aliphatic rings. The molecule has 0 unspecified atom stereocenters. The highest BCUT2D eigenvalue weighted by atomic mass is 35.5. The van der Waals surface area contributed by atoms with E-state index in [0.29, 0.717) is 0 Å². The van der Waals surface area contributed by atoms with Crippen molar-refractivity contribution in [3.8, 4) is 5.88 Å². The van der Waals surface area contributed by atoms with Crippen molar-refractivity contribution in [1.29, 1.82) is 0 Å². The number of carbonyl (C=O) groups is 1. The van der Waals surface area contributed by atoms with Crippen LogP contribution >= 0.6 is 11.6 Å². The Morgan fingerprint density at radius 2 is 2.07 bits per heavy atom. The zero-order chi connectivity index (χ0) is 10.7. The van der Waals surface area contributed by atoms with E-state index in [4.69, 9.17) is 16.3 Å². The summed E-state index contributed by atoms with van der Waals surface area (Å²) in [6, 6.07) is 11.1. The molecule has 4 heteroatoms. The average molecular weight is 222 g/mol. The molecule has 76 valence electrons. The van der Waals surface area contributed by atoms with E-state index in [9.17, 15) is 4.79 Å². The second-order valence-corrected chi connectivity index (χ2v) is 3.22. The van der Waals surface area contributed by atoms with E-state index in [-0.39, 0.29) is 11.8 Å². The topological polar surface area (TPSA) is 39.2 Å². The van der Waals surface area contributed by atoms with E-state index in [1.165, 1.54) is 0 Å². The van der Waals surface area contributed by atoms with Gasteiger partial charge in [0, 0.05) is 11.5 Å². The smallest absolute Gasteiger partial charge is 0.327 e. The van der Waals surface area contributed by atoms with Crippen LogP contribution in [0.25, 0.3) is 10.9 Å². The molecule has 0 radical (unpaired) electrons. The van der Waals surface area contributed by atoms with Crippen molar-refractivity contribution in [1.82, 2.24) is 4.98 Å². The van der Waals surface area contributed by atoms with Gasteiger partial charge in [-0.3, -0.25) is 4.79 Å². The van der Waals surface area contributed by atoms with Crippen molar-refractivity contribution in [3.63, 3.8) is 0 Å². The van der Waals surface area contributed by atoms with Gasteiger partial charge in [-0.15, -0.1) is 11.6 Å². The Balaban J connectivity index is 2.34. The molecule has 0 saturated carbocycles. The summed E-state index contributed by atoms with van der Waals surface area (Å²) in [7, 11) is 0. The van der Waals surface area contributed by atoms with Gasteiger partial charge in [0.15, 0.2) is 0 Å². The molecule has 1 heterocycles. The Morgan fingerprint density at radius 3 is 2.87 bits per heavy atom. The third-order valence-electron chi connectivity index (χ3n) is 1.90. The molecule has 15 heavy (non-hydrogen) atoms. The monoisotopic (exact) mass is 221 g/mol. The van der Waals surface area contributed by atoms with Gasteiger partial charge in [0.1, 0.15) is 5.88 Å². The van der Waals surface area contributed by atoms with Gasteiger partial charge in [-0.1, -0.05) is 18.2 Å². The zero-order valence-corrected chi connectivity index (χ0v) is 8.57. The summed E-state index contributed by atoms with van der Waals surface area (Å²) < 4.78 is 4.89. The minimum atomic E-state index is -0.501. The first-order valence-corrected chi connectivity index (χ1v) is 4.95. The van der Waals surface area contributed by atoms with Crippen molar-refractivity contribution in [2.24, 2.45) is 0 Å². The molecule has 0 atom stereocenters. The lowest BCUT2D eigenvalue weighted by atomic mass is 10.2. The van der Waals surface area contributed by atoms with Crippen molar-refractivity contribution < 1.29 is 9.53 Å². The van der Waals surface area contributed by atoms with Gasteiger partial charge in [-0.25, -0.2) is 4.98 Å². The third kappa shape index (κ3) is 2.25. The molecule has 0 aliphatic heterocycles. The number of pyridine rings is 1. The summed E-state index contributed by atoms with van der Waals surface area (Å²) >= 11 is 5.32. The van der Waals surface area contributed by atoms with Crippen LogP contribution in [0.2, 0.25) is 0 Å². The number of hydrogen-bond donors (Lipinski definition) is 0. The molecule has 1 aromatic heterocycles. The number of fused-ring (bicyclic) bond motifs is 1. The molecule has 0 aliphatic carbocycles. The lowest BCUT2D eigenvalue weighted by molar-refractivity contribution is -0.131. The van der Waals surface area contributed by atoms with Crippen LogP contribution in [0.5, 0.6) is 5.88 Å². The van der Waals surface area contributed by atoms with E-state index in [2.05, 4.69) is 4.98 Å². The third-order valence-corrected chi connectivity index (χ3v) is 2.12. The van der Waals surface area contributed by atoms with Crippen LogP contribution in [0.1, 0.15) is 0 Å². The van der Waals surface area contributed by atoms with Crippen molar-refractivity contribution >= 4 is 28.5 Å². The molecule has 1 aromatic carbocycles. The molecule has 0 fully saturated rings. The van der Waals surface area contributed by atoms with E-state index < -0.39 is 5.97 Å². The number of alkyl halides is 1. The van der Waals surface area contributed by atoms with Crippen LogP contribution in [0.4, 0.5) is 0 Å². The van der Waals surface area contributed by atoms with Gasteiger partial charge in [-0.05, 0) is 12.1 Å².